The van der Waals surface area contributed by atoms with E-state index < -0.39 is 0 Å². The summed E-state index contributed by atoms with van der Waals surface area (Å²) < 4.78 is 14.2. The summed E-state index contributed by atoms with van der Waals surface area (Å²) in [7, 11) is -0.189. The summed E-state index contributed by atoms with van der Waals surface area (Å²) in [6.45, 7) is 2.74. The molecule has 0 bridgehead atoms. The van der Waals surface area contributed by atoms with Gasteiger partial charge in [0.25, 0.3) is 0 Å². The van der Waals surface area contributed by atoms with Gasteiger partial charge in [0.1, 0.15) is 0 Å². The molecular weight excluding hydrogens is 130 g/mol. The zero-order valence-corrected chi connectivity index (χ0v) is 6.99. The minimum atomic E-state index is -0.189. The quantitative estimate of drug-likeness (QED) is 0.294. The SMILES string of the molecule is CCCCCOP=O.[H-].[Li+]. The summed E-state index contributed by atoms with van der Waals surface area (Å²) in [6, 6.07) is 0. The fourth-order valence-corrected chi connectivity index (χ4v) is 0.658. The molecule has 50 valence electrons. The van der Waals surface area contributed by atoms with Crippen LogP contribution in [-0.4, -0.2) is 6.61 Å². The van der Waals surface area contributed by atoms with Crippen LogP contribution in [0.3, 0.4) is 0 Å². The maximum Gasteiger partial charge on any atom is 1.00 e. The Morgan fingerprint density at radius 2 is 2.22 bits per heavy atom. The van der Waals surface area contributed by atoms with E-state index in [4.69, 9.17) is 0 Å². The fourth-order valence-electron chi connectivity index (χ4n) is 0.454. The van der Waals surface area contributed by atoms with Crippen molar-refractivity contribution in [1.29, 1.82) is 0 Å². The minimum Gasteiger partial charge on any atom is -1.00 e. The molecule has 9 heavy (non-hydrogen) atoms. The summed E-state index contributed by atoms with van der Waals surface area (Å²) in [6.07, 6.45) is 3.36. The molecule has 0 aromatic carbocycles. The first-order valence-electron chi connectivity index (χ1n) is 2.86. The second-order valence-corrected chi connectivity index (χ2v) is 2.02. The van der Waals surface area contributed by atoms with Crippen LogP contribution >= 0.6 is 8.69 Å². The molecule has 0 saturated heterocycles. The summed E-state index contributed by atoms with van der Waals surface area (Å²) in [5, 5.41) is 0. The molecule has 0 aliphatic heterocycles. The largest absolute Gasteiger partial charge is 1.00 e. The van der Waals surface area contributed by atoms with Crippen LogP contribution in [-0.2, 0) is 9.09 Å². The molecule has 0 fully saturated rings. The summed E-state index contributed by atoms with van der Waals surface area (Å²) in [5.74, 6) is 0. The average Bonchev–Trinajstić information content (AvgIpc) is 1.81. The van der Waals surface area contributed by atoms with E-state index in [1.54, 1.807) is 0 Å². The Bertz CT molecular complexity index is 65.6. The van der Waals surface area contributed by atoms with Crippen molar-refractivity contribution in [3.8, 4) is 0 Å². The van der Waals surface area contributed by atoms with Crippen LogP contribution in [0.2, 0.25) is 0 Å². The van der Waals surface area contributed by atoms with Crippen molar-refractivity contribution in [2.75, 3.05) is 6.61 Å². The molecule has 0 aromatic heterocycles. The average molecular weight is 142 g/mol. The molecule has 0 amide bonds. The van der Waals surface area contributed by atoms with Crippen LogP contribution in [0.15, 0.2) is 0 Å². The first kappa shape index (κ1) is 12.3. The van der Waals surface area contributed by atoms with Crippen LogP contribution in [0.25, 0.3) is 0 Å². The number of hydrogen-bond donors (Lipinski definition) is 0. The summed E-state index contributed by atoms with van der Waals surface area (Å²) >= 11 is 0. The van der Waals surface area contributed by atoms with Gasteiger partial charge in [0, 0.05) is 0 Å². The van der Waals surface area contributed by atoms with Crippen LogP contribution in [0.5, 0.6) is 0 Å². The third-order valence-electron chi connectivity index (χ3n) is 0.892. The second-order valence-electron chi connectivity index (χ2n) is 1.61. The van der Waals surface area contributed by atoms with Gasteiger partial charge in [-0.1, -0.05) is 19.8 Å². The van der Waals surface area contributed by atoms with Gasteiger partial charge in [-0.2, -0.15) is 0 Å². The van der Waals surface area contributed by atoms with Crippen molar-refractivity contribution in [3.63, 3.8) is 0 Å². The van der Waals surface area contributed by atoms with E-state index in [0.717, 1.165) is 12.8 Å². The first-order valence-corrected chi connectivity index (χ1v) is 3.59. The topological polar surface area (TPSA) is 26.3 Å². The van der Waals surface area contributed by atoms with E-state index in [1.807, 2.05) is 0 Å². The number of hydrogen-bond acceptors (Lipinski definition) is 2. The molecule has 0 N–H and O–H groups in total. The van der Waals surface area contributed by atoms with E-state index >= 15 is 0 Å². The Labute approximate surface area is 71.3 Å². The van der Waals surface area contributed by atoms with Crippen molar-refractivity contribution in [3.05, 3.63) is 0 Å². The second kappa shape index (κ2) is 11.5. The third kappa shape index (κ3) is 12.0. The van der Waals surface area contributed by atoms with Crippen molar-refractivity contribution < 1.29 is 29.4 Å². The molecular formula is C5H12LiO2P. The molecule has 0 spiro atoms. The van der Waals surface area contributed by atoms with Crippen molar-refractivity contribution >= 4 is 8.69 Å². The van der Waals surface area contributed by atoms with Crippen LogP contribution in [0.1, 0.15) is 27.6 Å². The minimum absolute atomic E-state index is 0. The Morgan fingerprint density at radius 3 is 2.67 bits per heavy atom. The van der Waals surface area contributed by atoms with Gasteiger partial charge in [-0.3, -0.25) is 4.52 Å². The molecule has 0 heterocycles. The van der Waals surface area contributed by atoms with E-state index in [0.29, 0.717) is 6.61 Å². The van der Waals surface area contributed by atoms with Gasteiger partial charge < -0.3 is 1.43 Å². The van der Waals surface area contributed by atoms with Crippen molar-refractivity contribution in [2.45, 2.75) is 26.2 Å². The van der Waals surface area contributed by atoms with Gasteiger partial charge in [-0.25, -0.2) is 4.57 Å². The van der Waals surface area contributed by atoms with Gasteiger partial charge in [-0.05, 0) is 6.42 Å². The monoisotopic (exact) mass is 142 g/mol. The van der Waals surface area contributed by atoms with E-state index in [1.165, 1.54) is 6.42 Å². The van der Waals surface area contributed by atoms with Gasteiger partial charge in [0.2, 0.25) is 0 Å². The van der Waals surface area contributed by atoms with Crippen LogP contribution in [0.4, 0.5) is 0 Å². The molecule has 2 nitrogen and oxygen atoms in total. The third-order valence-corrected chi connectivity index (χ3v) is 1.18. The molecule has 0 atom stereocenters. The van der Waals surface area contributed by atoms with Gasteiger partial charge in [0.15, 0.2) is 0 Å². The molecule has 4 heteroatoms. The number of rotatable bonds is 5. The molecule has 0 aliphatic carbocycles. The van der Waals surface area contributed by atoms with Crippen LogP contribution < -0.4 is 18.9 Å². The predicted octanol–water partition coefficient (Wildman–Crippen LogP) is -0.484. The van der Waals surface area contributed by atoms with E-state index in [9.17, 15) is 4.57 Å². The number of unbranched alkanes of at least 4 members (excludes halogenated alkanes) is 2. The van der Waals surface area contributed by atoms with Gasteiger partial charge in [0.05, 0.1) is 6.61 Å². The Balaban J connectivity index is -0.000000245. The zero-order chi connectivity index (χ0) is 6.24. The molecule has 0 aromatic rings. The smallest absolute Gasteiger partial charge is 1.00 e. The predicted molar refractivity (Wildman–Crippen MR) is 34.2 cm³/mol. The van der Waals surface area contributed by atoms with Crippen molar-refractivity contribution in [2.24, 2.45) is 0 Å². The first-order chi connectivity index (χ1) is 3.91. The molecule has 0 aliphatic rings. The normalized spacial score (nSPS) is 9.00. The van der Waals surface area contributed by atoms with E-state index in [2.05, 4.69) is 11.4 Å². The fraction of sp³-hybridized carbons (Fsp3) is 1.00. The molecule has 0 rings (SSSR count). The summed E-state index contributed by atoms with van der Waals surface area (Å²) in [5.41, 5.74) is 0. The maximum atomic E-state index is 9.64. The standard InChI is InChI=1S/C5H11O2P.Li.H/c1-2-3-4-5-7-8-6;;/h2-5H2,1H3;;/q;+1;-1. The zero-order valence-electron chi connectivity index (χ0n) is 7.09. The summed E-state index contributed by atoms with van der Waals surface area (Å²) in [4.78, 5) is 0. The van der Waals surface area contributed by atoms with Gasteiger partial charge >= 0.3 is 27.5 Å². The molecule has 0 saturated carbocycles. The molecule has 0 unspecified atom stereocenters. The van der Waals surface area contributed by atoms with E-state index in [-0.39, 0.29) is 29.0 Å². The molecule has 0 radical (unpaired) electrons. The maximum absolute atomic E-state index is 9.64. The Morgan fingerprint density at radius 1 is 1.56 bits per heavy atom. The van der Waals surface area contributed by atoms with Crippen LogP contribution in [0, 0.1) is 0 Å². The van der Waals surface area contributed by atoms with Crippen molar-refractivity contribution in [1.82, 2.24) is 0 Å². The Kier molecular flexibility index (Phi) is 15.7. The Hall–Kier alpha value is 0.657. The van der Waals surface area contributed by atoms with Gasteiger partial charge in [-0.15, -0.1) is 0 Å².